The van der Waals surface area contributed by atoms with E-state index in [0.717, 1.165) is 10.7 Å². The summed E-state index contributed by atoms with van der Waals surface area (Å²) in [6.45, 7) is 0. The highest BCUT2D eigenvalue weighted by Crippen LogP contribution is 2.15. The number of benzene rings is 2. The van der Waals surface area contributed by atoms with Crippen molar-refractivity contribution in [3.63, 3.8) is 0 Å². The predicted molar refractivity (Wildman–Crippen MR) is 114 cm³/mol. The van der Waals surface area contributed by atoms with Crippen LogP contribution in [0.1, 0.15) is 20.7 Å². The van der Waals surface area contributed by atoms with Crippen molar-refractivity contribution >= 4 is 43.5 Å². The highest BCUT2D eigenvalue weighted by Gasteiger charge is 2.19. The van der Waals surface area contributed by atoms with Gasteiger partial charge in [-0.15, -0.1) is 0 Å². The van der Waals surface area contributed by atoms with Crippen molar-refractivity contribution in [2.24, 2.45) is 0 Å². The van der Waals surface area contributed by atoms with Crippen LogP contribution in [0.4, 0.5) is 5.69 Å². The Labute approximate surface area is 183 Å². The van der Waals surface area contributed by atoms with Gasteiger partial charge in [0.25, 0.3) is 27.4 Å². The van der Waals surface area contributed by atoms with Crippen LogP contribution in [0.2, 0.25) is 0 Å². The molecule has 3 rings (SSSR count). The summed E-state index contributed by atoms with van der Waals surface area (Å²) in [5, 5.41) is 0. The lowest BCUT2D eigenvalue weighted by atomic mass is 10.2. The third-order valence-electron chi connectivity index (χ3n) is 3.85. The summed E-state index contributed by atoms with van der Waals surface area (Å²) in [6.07, 6.45) is 0.762. The van der Waals surface area contributed by atoms with E-state index in [2.05, 4.69) is 36.5 Å². The Morgan fingerprint density at radius 1 is 0.903 bits per heavy atom. The summed E-state index contributed by atoms with van der Waals surface area (Å²) in [7, 11) is -4.34. The van der Waals surface area contributed by atoms with Crippen molar-refractivity contribution in [1.29, 1.82) is 0 Å². The topological polar surface area (TPSA) is 170 Å². The molecule has 1 aromatic heterocycles. The van der Waals surface area contributed by atoms with Crippen molar-refractivity contribution in [3.8, 4) is 0 Å². The fourth-order valence-corrected chi connectivity index (χ4v) is 3.71. The summed E-state index contributed by atoms with van der Waals surface area (Å²) in [5.74, 6) is -1.25. The van der Waals surface area contributed by atoms with E-state index in [1.807, 2.05) is 4.98 Å². The van der Waals surface area contributed by atoms with E-state index in [9.17, 15) is 27.6 Å². The molecule has 0 unspecified atom stereocenters. The normalized spacial score (nSPS) is 10.9. The predicted octanol–water partition coefficient (Wildman–Crippen LogP) is 0.701. The highest BCUT2D eigenvalue weighted by atomic mass is 79.9. The van der Waals surface area contributed by atoms with Crippen LogP contribution >= 0.6 is 15.9 Å². The molecule has 0 saturated heterocycles. The molecule has 0 radical (unpaired) electrons. The zero-order chi connectivity index (χ0) is 22.6. The number of halogens is 1. The molecule has 0 aliphatic heterocycles. The Morgan fingerprint density at radius 3 is 2.19 bits per heavy atom. The third kappa shape index (κ3) is 5.46. The third-order valence-corrected chi connectivity index (χ3v) is 5.76. The Hall–Kier alpha value is -3.71. The first-order chi connectivity index (χ1) is 14.7. The van der Waals surface area contributed by atoms with E-state index in [-0.39, 0.29) is 11.3 Å². The van der Waals surface area contributed by atoms with Gasteiger partial charge in [0.05, 0.1) is 0 Å². The second-order valence-electron chi connectivity index (χ2n) is 6.04. The number of carbonyl (C=O) groups excluding carboxylic acids is 2. The number of amides is 2. The first kappa shape index (κ1) is 22.0. The molecule has 13 heteroatoms. The van der Waals surface area contributed by atoms with Crippen molar-refractivity contribution in [1.82, 2.24) is 20.8 Å². The smallest absolute Gasteiger partial charge is 0.313 e. The van der Waals surface area contributed by atoms with Crippen LogP contribution in [0.3, 0.4) is 0 Å². The maximum atomic E-state index is 12.4. The SMILES string of the molecule is O=C(NNC(=O)c1cccc(NS(=O)(=O)c2c[nH]c(=O)[nH]c2=O)c1)c1ccc(Br)cc1. The second kappa shape index (κ2) is 8.97. The quantitative estimate of drug-likeness (QED) is 0.318. The summed E-state index contributed by atoms with van der Waals surface area (Å²) >= 11 is 3.25. The summed E-state index contributed by atoms with van der Waals surface area (Å²) in [4.78, 5) is 50.3. The van der Waals surface area contributed by atoms with E-state index >= 15 is 0 Å². The first-order valence-electron chi connectivity index (χ1n) is 8.47. The lowest BCUT2D eigenvalue weighted by molar-refractivity contribution is 0.0846. The van der Waals surface area contributed by atoms with E-state index in [1.54, 1.807) is 24.3 Å². The van der Waals surface area contributed by atoms with Crippen LogP contribution in [0.15, 0.2) is 73.7 Å². The molecule has 160 valence electrons. The highest BCUT2D eigenvalue weighted by molar-refractivity contribution is 9.10. The van der Waals surface area contributed by atoms with Gasteiger partial charge in [-0.05, 0) is 42.5 Å². The zero-order valence-corrected chi connectivity index (χ0v) is 17.8. The molecule has 0 fully saturated rings. The van der Waals surface area contributed by atoms with Gasteiger partial charge < -0.3 is 4.98 Å². The van der Waals surface area contributed by atoms with Gasteiger partial charge in [-0.1, -0.05) is 22.0 Å². The lowest BCUT2D eigenvalue weighted by Crippen LogP contribution is -2.41. The minimum atomic E-state index is -4.34. The number of hydrazine groups is 1. The molecule has 0 saturated carbocycles. The van der Waals surface area contributed by atoms with E-state index in [1.165, 1.54) is 24.3 Å². The largest absolute Gasteiger partial charge is 0.325 e. The number of anilines is 1. The Bertz CT molecular complexity index is 1360. The monoisotopic (exact) mass is 507 g/mol. The minimum absolute atomic E-state index is 0.0162. The number of nitrogens with one attached hydrogen (secondary N) is 5. The Morgan fingerprint density at radius 2 is 1.55 bits per heavy atom. The van der Waals surface area contributed by atoms with Gasteiger partial charge in [-0.25, -0.2) is 13.2 Å². The van der Waals surface area contributed by atoms with Crippen molar-refractivity contribution in [3.05, 3.63) is 91.2 Å². The van der Waals surface area contributed by atoms with Crippen LogP contribution in [-0.4, -0.2) is 30.2 Å². The van der Waals surface area contributed by atoms with Crippen molar-refractivity contribution in [2.75, 3.05) is 4.72 Å². The molecule has 0 aliphatic rings. The number of H-pyrrole nitrogens is 2. The summed E-state index contributed by atoms with van der Waals surface area (Å²) in [6, 6.07) is 11.8. The molecular formula is C18H14BrN5O6S. The van der Waals surface area contributed by atoms with E-state index in [0.29, 0.717) is 5.56 Å². The molecular weight excluding hydrogens is 494 g/mol. The standard InChI is InChI=1S/C18H14BrN5O6S/c19-12-6-4-10(5-7-12)15(25)22-23-16(26)11-2-1-3-13(8-11)24-31(29,30)14-9-20-18(28)21-17(14)27/h1-9,24H,(H,22,25)(H,23,26)(H2,20,21,27,28). The molecule has 0 spiro atoms. The van der Waals surface area contributed by atoms with Crippen LogP contribution in [-0.2, 0) is 10.0 Å². The number of aromatic amines is 2. The zero-order valence-electron chi connectivity index (χ0n) is 15.4. The van der Waals surface area contributed by atoms with Crippen molar-refractivity contribution in [2.45, 2.75) is 4.90 Å². The first-order valence-corrected chi connectivity index (χ1v) is 10.7. The Balaban J connectivity index is 1.71. The second-order valence-corrected chi connectivity index (χ2v) is 8.60. The van der Waals surface area contributed by atoms with Crippen LogP contribution in [0.25, 0.3) is 0 Å². The van der Waals surface area contributed by atoms with Gasteiger partial charge in [-0.3, -0.25) is 34.9 Å². The molecule has 11 nitrogen and oxygen atoms in total. The van der Waals surface area contributed by atoms with Gasteiger partial charge in [0.2, 0.25) is 0 Å². The van der Waals surface area contributed by atoms with E-state index in [4.69, 9.17) is 0 Å². The van der Waals surface area contributed by atoms with Crippen molar-refractivity contribution < 1.29 is 18.0 Å². The number of sulfonamides is 1. The fourth-order valence-electron chi connectivity index (χ4n) is 2.39. The molecule has 3 aromatic rings. The molecule has 5 N–H and O–H groups in total. The number of hydrogen-bond acceptors (Lipinski definition) is 6. The maximum Gasteiger partial charge on any atom is 0.325 e. The van der Waals surface area contributed by atoms with Gasteiger partial charge >= 0.3 is 5.69 Å². The summed E-state index contributed by atoms with van der Waals surface area (Å²) < 4.78 is 27.7. The molecule has 0 atom stereocenters. The minimum Gasteiger partial charge on any atom is -0.313 e. The molecule has 0 bridgehead atoms. The van der Waals surface area contributed by atoms with E-state index < -0.39 is 38.0 Å². The van der Waals surface area contributed by atoms with Crippen LogP contribution in [0, 0.1) is 0 Å². The van der Waals surface area contributed by atoms with Gasteiger partial charge in [0.1, 0.15) is 0 Å². The van der Waals surface area contributed by atoms with Gasteiger partial charge in [0.15, 0.2) is 4.90 Å². The molecule has 0 aliphatic carbocycles. The molecule has 2 aromatic carbocycles. The number of carbonyl (C=O) groups is 2. The van der Waals surface area contributed by atoms with Crippen LogP contribution in [0.5, 0.6) is 0 Å². The average Bonchev–Trinajstić information content (AvgIpc) is 2.71. The fraction of sp³-hybridized carbons (Fsp3) is 0. The maximum absolute atomic E-state index is 12.4. The van der Waals surface area contributed by atoms with Crippen LogP contribution < -0.4 is 26.8 Å². The Kier molecular flexibility index (Phi) is 6.36. The molecule has 31 heavy (non-hydrogen) atoms. The number of aromatic nitrogens is 2. The lowest BCUT2D eigenvalue weighted by Gasteiger charge is -2.10. The average molecular weight is 508 g/mol. The molecule has 2 amide bonds. The van der Waals surface area contributed by atoms with Gasteiger partial charge in [-0.2, -0.15) is 0 Å². The summed E-state index contributed by atoms with van der Waals surface area (Å²) in [5.41, 5.74) is 2.86. The molecule has 1 heterocycles. The number of rotatable bonds is 5. The number of hydrogen-bond donors (Lipinski definition) is 5. The van der Waals surface area contributed by atoms with Gasteiger partial charge in [0, 0.05) is 27.5 Å².